The van der Waals surface area contributed by atoms with Crippen molar-refractivity contribution in [1.82, 2.24) is 0 Å². The Morgan fingerprint density at radius 1 is 1.07 bits per heavy atom. The van der Waals surface area contributed by atoms with E-state index in [0.717, 1.165) is 30.5 Å². The number of ether oxygens (including phenoxy) is 2. The van der Waals surface area contributed by atoms with Gasteiger partial charge in [0.15, 0.2) is 0 Å². The van der Waals surface area contributed by atoms with Gasteiger partial charge in [0.25, 0.3) is 0 Å². The van der Waals surface area contributed by atoms with Crippen LogP contribution in [0.2, 0.25) is 0 Å². The summed E-state index contributed by atoms with van der Waals surface area (Å²) in [5.41, 5.74) is 1.39. The third-order valence-electron chi connectivity index (χ3n) is 4.93. The SMILES string of the molecule is CCCC(=O)Oc1ccc(-c2ccc(C(F)(F)F)cc2)c(OCC2CC2)c1CC. The largest absolute Gasteiger partial charge is 0.492 e. The maximum atomic E-state index is 12.9. The molecule has 29 heavy (non-hydrogen) atoms. The molecule has 156 valence electrons. The lowest BCUT2D eigenvalue weighted by Crippen LogP contribution is -2.10. The van der Waals surface area contributed by atoms with Crippen molar-refractivity contribution in [1.29, 1.82) is 0 Å². The molecule has 1 aliphatic carbocycles. The lowest BCUT2D eigenvalue weighted by Gasteiger charge is -2.19. The monoisotopic (exact) mass is 406 g/mol. The highest BCUT2D eigenvalue weighted by Crippen LogP contribution is 2.41. The van der Waals surface area contributed by atoms with Crippen LogP contribution in [0.4, 0.5) is 13.2 Å². The van der Waals surface area contributed by atoms with Crippen molar-refractivity contribution in [3.8, 4) is 22.6 Å². The summed E-state index contributed by atoms with van der Waals surface area (Å²) >= 11 is 0. The molecule has 0 amide bonds. The first-order valence-corrected chi connectivity index (χ1v) is 10.0. The molecule has 1 saturated carbocycles. The van der Waals surface area contributed by atoms with E-state index in [9.17, 15) is 18.0 Å². The van der Waals surface area contributed by atoms with Crippen LogP contribution in [0.1, 0.15) is 50.7 Å². The Morgan fingerprint density at radius 2 is 1.76 bits per heavy atom. The molecular formula is C23H25F3O3. The second kappa shape index (κ2) is 8.89. The lowest BCUT2D eigenvalue weighted by molar-refractivity contribution is -0.137. The number of carbonyl (C=O) groups excluding carboxylic acids is 1. The van der Waals surface area contributed by atoms with E-state index < -0.39 is 11.7 Å². The van der Waals surface area contributed by atoms with Crippen molar-refractivity contribution in [3.63, 3.8) is 0 Å². The zero-order valence-electron chi connectivity index (χ0n) is 16.6. The number of hydrogen-bond acceptors (Lipinski definition) is 3. The Hall–Kier alpha value is -2.50. The normalized spacial score (nSPS) is 14.0. The molecule has 0 unspecified atom stereocenters. The molecule has 0 aliphatic heterocycles. The molecule has 1 aliphatic rings. The van der Waals surface area contributed by atoms with Gasteiger partial charge in [0.05, 0.1) is 12.2 Å². The number of alkyl halides is 3. The zero-order valence-corrected chi connectivity index (χ0v) is 16.6. The molecule has 2 aromatic rings. The van der Waals surface area contributed by atoms with Crippen LogP contribution in [-0.2, 0) is 17.4 Å². The topological polar surface area (TPSA) is 35.5 Å². The molecule has 3 nitrogen and oxygen atoms in total. The predicted octanol–water partition coefficient (Wildman–Crippen LogP) is 6.43. The van der Waals surface area contributed by atoms with E-state index in [1.165, 1.54) is 12.1 Å². The Kier molecular flexibility index (Phi) is 6.50. The van der Waals surface area contributed by atoms with Gasteiger partial charge in [-0.25, -0.2) is 0 Å². The first-order valence-electron chi connectivity index (χ1n) is 10.0. The highest BCUT2D eigenvalue weighted by atomic mass is 19.4. The molecule has 0 spiro atoms. The van der Waals surface area contributed by atoms with E-state index in [1.54, 1.807) is 12.1 Å². The van der Waals surface area contributed by atoms with Crippen LogP contribution < -0.4 is 9.47 Å². The molecule has 0 heterocycles. The average Bonchev–Trinajstić information content (AvgIpc) is 3.50. The summed E-state index contributed by atoms with van der Waals surface area (Å²) in [4.78, 5) is 12.0. The number of carbonyl (C=O) groups is 1. The molecule has 2 aromatic carbocycles. The number of benzene rings is 2. The molecule has 0 bridgehead atoms. The summed E-state index contributed by atoms with van der Waals surface area (Å²) in [5.74, 6) is 1.23. The lowest BCUT2D eigenvalue weighted by atomic mass is 9.98. The predicted molar refractivity (Wildman–Crippen MR) is 105 cm³/mol. The van der Waals surface area contributed by atoms with Gasteiger partial charge in [-0.1, -0.05) is 26.0 Å². The van der Waals surface area contributed by atoms with Gasteiger partial charge < -0.3 is 9.47 Å². The van der Waals surface area contributed by atoms with Crippen molar-refractivity contribution >= 4 is 5.97 Å². The van der Waals surface area contributed by atoms with Crippen molar-refractivity contribution < 1.29 is 27.4 Å². The Morgan fingerprint density at radius 3 is 2.31 bits per heavy atom. The van der Waals surface area contributed by atoms with Crippen LogP contribution in [0.5, 0.6) is 11.5 Å². The number of esters is 1. The van der Waals surface area contributed by atoms with E-state index in [-0.39, 0.29) is 5.97 Å². The Bertz CT molecular complexity index is 853. The smallest absolute Gasteiger partial charge is 0.416 e. The van der Waals surface area contributed by atoms with Gasteiger partial charge in [0, 0.05) is 17.5 Å². The van der Waals surface area contributed by atoms with Crippen LogP contribution in [0.15, 0.2) is 36.4 Å². The summed E-state index contributed by atoms with van der Waals surface area (Å²) in [6.07, 6.45) is -0.569. The van der Waals surface area contributed by atoms with Gasteiger partial charge in [-0.2, -0.15) is 13.2 Å². The van der Waals surface area contributed by atoms with Gasteiger partial charge in [-0.05, 0) is 61.4 Å². The minimum Gasteiger partial charge on any atom is -0.492 e. The number of rotatable bonds is 8. The molecular weight excluding hydrogens is 381 g/mol. The van der Waals surface area contributed by atoms with Gasteiger partial charge in [-0.3, -0.25) is 4.79 Å². The van der Waals surface area contributed by atoms with Gasteiger partial charge in [0.1, 0.15) is 11.5 Å². The highest BCUT2D eigenvalue weighted by molar-refractivity contribution is 5.77. The molecule has 0 atom stereocenters. The molecule has 0 radical (unpaired) electrons. The minimum atomic E-state index is -4.38. The standard InChI is InChI=1S/C23H25F3O3/c1-3-5-21(27)29-20-13-12-19(16-8-10-17(11-9-16)23(24,25)26)22(18(20)4-2)28-14-15-6-7-15/h8-13,15H,3-7,14H2,1-2H3. The zero-order chi connectivity index (χ0) is 21.0. The first kappa shape index (κ1) is 21.2. The van der Waals surface area contributed by atoms with Crippen LogP contribution in [0.3, 0.4) is 0 Å². The Balaban J connectivity index is 1.99. The molecule has 1 fully saturated rings. The fraction of sp³-hybridized carbons (Fsp3) is 0.435. The fourth-order valence-corrected chi connectivity index (χ4v) is 3.13. The molecule has 3 rings (SSSR count). The fourth-order valence-electron chi connectivity index (χ4n) is 3.13. The summed E-state index contributed by atoms with van der Waals surface area (Å²) in [5, 5.41) is 0. The van der Waals surface area contributed by atoms with Crippen LogP contribution in [0.25, 0.3) is 11.1 Å². The number of halogens is 3. The second-order valence-electron chi connectivity index (χ2n) is 7.33. The number of hydrogen-bond donors (Lipinski definition) is 0. The van der Waals surface area contributed by atoms with Crippen molar-refractivity contribution in [2.24, 2.45) is 5.92 Å². The maximum Gasteiger partial charge on any atom is 0.416 e. The minimum absolute atomic E-state index is 0.308. The average molecular weight is 406 g/mol. The van der Waals surface area contributed by atoms with Crippen molar-refractivity contribution in [2.75, 3.05) is 6.61 Å². The van der Waals surface area contributed by atoms with Gasteiger partial charge in [-0.15, -0.1) is 0 Å². The molecule has 0 aromatic heterocycles. The summed E-state index contributed by atoms with van der Waals surface area (Å²) in [7, 11) is 0. The van der Waals surface area contributed by atoms with E-state index in [0.29, 0.717) is 54.4 Å². The van der Waals surface area contributed by atoms with E-state index >= 15 is 0 Å². The van der Waals surface area contributed by atoms with Crippen molar-refractivity contribution in [2.45, 2.75) is 52.1 Å². The van der Waals surface area contributed by atoms with Crippen LogP contribution in [-0.4, -0.2) is 12.6 Å². The van der Waals surface area contributed by atoms with Crippen molar-refractivity contribution in [3.05, 3.63) is 47.5 Å². The third kappa shape index (κ3) is 5.31. The van der Waals surface area contributed by atoms with E-state index in [4.69, 9.17) is 9.47 Å². The van der Waals surface area contributed by atoms with E-state index in [1.807, 2.05) is 13.8 Å². The molecule has 6 heteroatoms. The van der Waals surface area contributed by atoms with Crippen LogP contribution >= 0.6 is 0 Å². The highest BCUT2D eigenvalue weighted by Gasteiger charge is 2.30. The van der Waals surface area contributed by atoms with E-state index in [2.05, 4.69) is 0 Å². The second-order valence-corrected chi connectivity index (χ2v) is 7.33. The van der Waals surface area contributed by atoms with Gasteiger partial charge >= 0.3 is 12.1 Å². The maximum absolute atomic E-state index is 12.9. The third-order valence-corrected chi connectivity index (χ3v) is 4.93. The summed E-state index contributed by atoms with van der Waals surface area (Å²) in [6, 6.07) is 8.48. The summed E-state index contributed by atoms with van der Waals surface area (Å²) < 4.78 is 50.3. The van der Waals surface area contributed by atoms with Gasteiger partial charge in [0.2, 0.25) is 0 Å². The quantitative estimate of drug-likeness (QED) is 0.374. The molecule has 0 saturated heterocycles. The van der Waals surface area contributed by atoms with Crippen LogP contribution in [0, 0.1) is 5.92 Å². The first-order chi connectivity index (χ1) is 13.8. The summed E-state index contributed by atoms with van der Waals surface area (Å²) in [6.45, 7) is 4.39. The molecule has 0 N–H and O–H groups in total. The Labute approximate surface area is 168 Å².